The maximum atomic E-state index is 11.9. The first-order chi connectivity index (χ1) is 49.2. The number of hydrogen-bond donors (Lipinski definition) is 3. The molecule has 3 N–H and O–H groups in total. The van der Waals surface area contributed by atoms with Crippen LogP contribution in [0.4, 0.5) is 0 Å². The minimum absolute atomic E-state index is 0. The van der Waals surface area contributed by atoms with Crippen molar-refractivity contribution in [2.75, 3.05) is 0 Å². The number of aliphatic hydroxyl groups is 1. The van der Waals surface area contributed by atoms with Crippen LogP contribution in [0.15, 0.2) is 267 Å². The Morgan fingerprint density at radius 2 is 0.913 bits per heavy atom. The van der Waals surface area contributed by atoms with Gasteiger partial charge in [-0.3, -0.25) is 14.4 Å². The summed E-state index contributed by atoms with van der Waals surface area (Å²) in [6, 6.07) is 90.8. The van der Waals surface area contributed by atoms with E-state index >= 15 is 0 Å². The quantitative estimate of drug-likeness (QED) is 0.0911. The summed E-state index contributed by atoms with van der Waals surface area (Å²) in [5.41, 5.74) is 16.0. The lowest BCUT2D eigenvalue weighted by Gasteiger charge is -2.09. The number of benzene rings is 14. The highest BCUT2D eigenvalue weighted by Gasteiger charge is 2.60. The van der Waals surface area contributed by atoms with Crippen molar-refractivity contribution in [1.82, 2.24) is 0 Å². The summed E-state index contributed by atoms with van der Waals surface area (Å²) in [6.07, 6.45) is 2.35. The summed E-state index contributed by atoms with van der Waals surface area (Å²) in [6.45, 7) is 12.4. The number of alkyl halides is 1. The molecule has 1 fully saturated rings. The average molecular weight is 1640 g/mol. The number of hydrogen-bond acceptors (Lipinski definition) is 5. The van der Waals surface area contributed by atoms with Gasteiger partial charge in [0, 0.05) is 22.2 Å². The van der Waals surface area contributed by atoms with Gasteiger partial charge in [-0.1, -0.05) is 317 Å². The number of carboxylic acid groups (broad SMARTS) is 2. The molecule has 103 heavy (non-hydrogen) atoms. The van der Waals surface area contributed by atoms with E-state index in [1.165, 1.54) is 98.6 Å². The summed E-state index contributed by atoms with van der Waals surface area (Å²) in [5.74, 6) is -0.913. The molecule has 12 heteroatoms. The van der Waals surface area contributed by atoms with Crippen LogP contribution in [0.3, 0.4) is 0 Å². The fourth-order valence-electron chi connectivity index (χ4n) is 15.5. The van der Waals surface area contributed by atoms with E-state index in [1.54, 1.807) is 6.92 Å². The van der Waals surface area contributed by atoms with Gasteiger partial charge in [-0.25, -0.2) is 0 Å². The van der Waals surface area contributed by atoms with Crippen LogP contribution in [-0.4, -0.2) is 33.0 Å². The van der Waals surface area contributed by atoms with E-state index in [1.807, 2.05) is 122 Å². The van der Waals surface area contributed by atoms with Crippen LogP contribution in [0.2, 0.25) is 0 Å². The summed E-state index contributed by atoms with van der Waals surface area (Å²) in [7, 11) is 0. The van der Waals surface area contributed by atoms with Crippen LogP contribution < -0.4 is 0 Å². The number of allylic oxidation sites excluding steroid dienone is 1. The Hall–Kier alpha value is -8.48. The van der Waals surface area contributed by atoms with Crippen molar-refractivity contribution >= 4 is 171 Å². The van der Waals surface area contributed by atoms with Crippen molar-refractivity contribution in [3.63, 3.8) is 0 Å². The number of aliphatic hydroxyl groups excluding tert-OH is 1. The molecular formula is C91H79Br4O7P. The van der Waals surface area contributed by atoms with E-state index in [0.29, 0.717) is 16.8 Å². The summed E-state index contributed by atoms with van der Waals surface area (Å²) in [4.78, 5) is 33.9. The lowest BCUT2D eigenvalue weighted by molar-refractivity contribution is -0.138. The van der Waals surface area contributed by atoms with Gasteiger partial charge in [0.25, 0.3) is 0 Å². The summed E-state index contributed by atoms with van der Waals surface area (Å²) in [5, 5.41) is 45.2. The number of halogens is 4. The molecule has 20 rings (SSSR count). The van der Waals surface area contributed by atoms with Crippen LogP contribution >= 0.6 is 66.4 Å². The molecule has 0 spiro atoms. The Bertz CT molecular complexity index is 5310. The number of fused-ring (bicyclic) bond motifs is 5. The summed E-state index contributed by atoms with van der Waals surface area (Å²) < 4.78 is 5.57. The second-order valence-electron chi connectivity index (χ2n) is 26.8. The highest BCUT2D eigenvalue weighted by atomic mass is 80.0. The number of epoxide rings is 1. The van der Waals surface area contributed by atoms with E-state index in [9.17, 15) is 19.5 Å². The summed E-state index contributed by atoms with van der Waals surface area (Å²) >= 11 is 13.3. The molecule has 14 aromatic rings. The Kier molecular flexibility index (Phi) is 23.0. The first kappa shape index (κ1) is 74.2. The monoisotopic (exact) mass is 1630 g/mol. The number of ketones is 1. The first-order valence-corrected chi connectivity index (χ1v) is 42.5. The fourth-order valence-corrected chi connectivity index (χ4v) is 16.2. The van der Waals surface area contributed by atoms with Gasteiger partial charge in [-0.05, 0) is 215 Å². The van der Waals surface area contributed by atoms with Gasteiger partial charge in [0.2, 0.25) is 0 Å². The molecule has 1 aliphatic heterocycles. The first-order valence-electron chi connectivity index (χ1n) is 34.2. The third-order valence-electron chi connectivity index (χ3n) is 20.7. The number of carbonyl (C=O) groups is 3. The highest BCUT2D eigenvalue weighted by molar-refractivity contribution is 9.93. The highest BCUT2D eigenvalue weighted by Crippen LogP contribution is 2.64. The molecule has 6 aliphatic rings. The third-order valence-corrected chi connectivity index (χ3v) is 22.0. The maximum absolute atomic E-state index is 11.9. The molecular weight excluding hydrogens is 1560 g/mol. The normalized spacial score (nSPS) is 18.9. The molecule has 518 valence electrons. The Morgan fingerprint density at radius 3 is 1.51 bits per heavy atom. The van der Waals surface area contributed by atoms with E-state index in [2.05, 4.69) is 248 Å². The number of rotatable bonds is 4. The van der Waals surface area contributed by atoms with Crippen LogP contribution in [0.1, 0.15) is 161 Å². The van der Waals surface area contributed by atoms with Gasteiger partial charge in [0.1, 0.15) is 15.7 Å². The van der Waals surface area contributed by atoms with Crippen molar-refractivity contribution < 1.29 is 34.4 Å². The Morgan fingerprint density at radius 1 is 0.485 bits per heavy atom. The maximum Gasteiger partial charge on any atom is 0.310 e. The van der Waals surface area contributed by atoms with Crippen LogP contribution in [0.25, 0.3) is 87.1 Å². The van der Waals surface area contributed by atoms with Gasteiger partial charge < -0.3 is 20.1 Å². The van der Waals surface area contributed by atoms with E-state index < -0.39 is 17.9 Å². The second kappa shape index (κ2) is 31.9. The Labute approximate surface area is 635 Å². The molecule has 0 saturated carbocycles. The number of carbonyl (C=O) groups excluding carboxylic acids is 1. The molecule has 0 radical (unpaired) electrons. The SMILES string of the molecule is BrP(Br)Br.C.CC(C(=O)O)c1cccc2ccccc12.CC12OC1c1cccc3cccc2c13.CC1=Cc2cccc3cccc1c23.CC1C(=O)c2cccc3cccc1c23.CC1c2cccc3cccc(c23)C1Br.CC1c2cccc3cccc(c23)C1O.O=C(O)Cc1cccc2ccccc12. The number of carboxylic acids is 2. The molecule has 0 aromatic heterocycles. The van der Waals surface area contributed by atoms with Crippen molar-refractivity contribution in [2.45, 2.75) is 102 Å². The molecule has 1 heterocycles. The van der Waals surface area contributed by atoms with E-state index in [0.717, 1.165) is 49.2 Å². The van der Waals surface area contributed by atoms with Crippen molar-refractivity contribution in [2.24, 2.45) is 0 Å². The van der Waals surface area contributed by atoms with Gasteiger partial charge >= 0.3 is 11.9 Å². The lowest BCUT2D eigenvalue weighted by Crippen LogP contribution is -2.07. The van der Waals surface area contributed by atoms with Gasteiger partial charge in [0.15, 0.2) is 5.78 Å². The van der Waals surface area contributed by atoms with Gasteiger partial charge in [0.05, 0.1) is 18.4 Å². The van der Waals surface area contributed by atoms with Crippen LogP contribution in [0.5, 0.6) is 0 Å². The molecule has 0 bridgehead atoms. The van der Waals surface area contributed by atoms with Crippen molar-refractivity contribution in [1.29, 1.82) is 0 Å². The molecule has 0 amide bonds. The lowest BCUT2D eigenvalue weighted by atomic mass is 9.95. The molecule has 8 atom stereocenters. The second-order valence-corrected chi connectivity index (χ2v) is 43.1. The van der Waals surface area contributed by atoms with E-state index in [4.69, 9.17) is 14.9 Å². The van der Waals surface area contributed by atoms with Crippen molar-refractivity contribution in [3.05, 3.63) is 334 Å². The minimum atomic E-state index is -0.790. The number of aliphatic carboxylic acids is 2. The zero-order valence-corrected chi connectivity index (χ0v) is 64.4. The smallest absolute Gasteiger partial charge is 0.310 e. The minimum Gasteiger partial charge on any atom is -0.481 e. The molecule has 14 aromatic carbocycles. The molecule has 7 nitrogen and oxygen atoms in total. The Balaban J connectivity index is 0.000000112. The number of Topliss-reactive ketones (excluding diaryl/α,β-unsaturated/α-hetero) is 1. The molecule has 8 unspecified atom stereocenters. The van der Waals surface area contributed by atoms with Gasteiger partial charge in [-0.2, -0.15) is 0 Å². The van der Waals surface area contributed by atoms with Crippen LogP contribution in [0, 0.1) is 0 Å². The zero-order chi connectivity index (χ0) is 71.7. The predicted octanol–water partition coefficient (Wildman–Crippen LogP) is 26.9. The van der Waals surface area contributed by atoms with Crippen molar-refractivity contribution in [3.8, 4) is 0 Å². The van der Waals surface area contributed by atoms with E-state index in [-0.39, 0.29) is 47.2 Å². The zero-order valence-electron chi connectivity index (χ0n) is 57.2. The van der Waals surface area contributed by atoms with Gasteiger partial charge in [-0.15, -0.1) is 0 Å². The topological polar surface area (TPSA) is 124 Å². The fraction of sp³-hybridized carbons (Fsp3) is 0.176. The molecule has 5 aliphatic carbocycles. The third kappa shape index (κ3) is 15.0. The number of ether oxygens (including phenoxy) is 1. The largest absolute Gasteiger partial charge is 0.481 e. The standard InChI is InChI=1S/C13H11Br.C13H12O2.C13H10O.C13H12O.C13H10O.C13H10.C12H10O2.CH4.Br3P/c1-8-10-6-2-4-9-5-3-7-11(12(9)10)13(8)14;1-9(13(14)15)11-8-4-6-10-5-2-3-7-12(10)11;1-13-10-7-3-5-8-4-2-6-9(11(8)10)12(13)14-13;2*1-8-10-6-2-4-9-5-3-7-11(12(9)10)13(8)14;1-9-8-11-6-2-4-10-5-3-7-12(9)13(10)11;13-12(14)8-10-6-3-5-9-4-1-2-7-11(9)10;;1-4(2)3/h2-8,13H,1H3;2-9H,1H3,(H,14,15);2-7,12H,1H3;2-8,13-14H,1H3;2-8H,1H3;2-8H,1H3;1-7H,8H2,(H,13,14);1H4;. The molecule has 1 saturated heterocycles. The predicted molar refractivity (Wildman–Crippen MR) is 446 cm³/mol. The average Bonchev–Trinajstić information content (AvgIpc) is 1.52. The van der Waals surface area contributed by atoms with Crippen LogP contribution in [-0.2, 0) is 26.3 Å².